The number of hydrogen-bond acceptors (Lipinski definition) is 3. The van der Waals surface area contributed by atoms with Gasteiger partial charge in [-0.1, -0.05) is 19.1 Å². The summed E-state index contributed by atoms with van der Waals surface area (Å²) in [6.45, 7) is 2.78. The Labute approximate surface area is 118 Å². The molecule has 0 aromatic heterocycles. The Bertz CT molecular complexity index is 558. The average Bonchev–Trinajstić information content (AvgIpc) is 2.70. The first-order valence-corrected chi connectivity index (χ1v) is 6.91. The summed E-state index contributed by atoms with van der Waals surface area (Å²) in [6.07, 6.45) is 1.70. The Morgan fingerprint density at radius 2 is 2.00 bits per heavy atom. The highest BCUT2D eigenvalue weighted by atomic mass is 16.5. The summed E-state index contributed by atoms with van der Waals surface area (Å²) in [5.74, 6) is 0.888. The van der Waals surface area contributed by atoms with E-state index in [9.17, 15) is 9.59 Å². The Kier molecular flexibility index (Phi) is 3.12. The van der Waals surface area contributed by atoms with Crippen LogP contribution in [-0.2, 0) is 4.79 Å². The summed E-state index contributed by atoms with van der Waals surface area (Å²) in [4.78, 5) is 28.0. The fourth-order valence-electron chi connectivity index (χ4n) is 3.01. The molecule has 0 saturated carbocycles. The molecule has 2 unspecified atom stereocenters. The molecule has 2 atom stereocenters. The van der Waals surface area contributed by atoms with Crippen LogP contribution in [0.2, 0.25) is 0 Å². The molecule has 2 saturated heterocycles. The zero-order chi connectivity index (χ0) is 14.3. The maximum Gasteiger partial charge on any atom is 0.332 e. The lowest BCUT2D eigenvalue weighted by atomic mass is 9.93. The molecule has 2 fully saturated rings. The third kappa shape index (κ3) is 1.85. The molecule has 3 amide bonds. The first-order valence-electron chi connectivity index (χ1n) is 6.91. The van der Waals surface area contributed by atoms with Gasteiger partial charge in [-0.3, -0.25) is 4.79 Å². The van der Waals surface area contributed by atoms with E-state index in [1.807, 2.05) is 6.07 Å². The first-order chi connectivity index (χ1) is 9.63. The highest BCUT2D eigenvalue weighted by Crippen LogP contribution is 2.36. The number of piperidine rings is 1. The van der Waals surface area contributed by atoms with Crippen molar-refractivity contribution in [1.29, 1.82) is 0 Å². The van der Waals surface area contributed by atoms with Gasteiger partial charge in [-0.25, -0.2) is 9.69 Å². The second kappa shape index (κ2) is 4.81. The second-order valence-corrected chi connectivity index (χ2v) is 5.47. The number of carbonyl (C=O) groups excluding carboxylic acids is 2. The van der Waals surface area contributed by atoms with Crippen molar-refractivity contribution in [3.05, 3.63) is 24.3 Å². The van der Waals surface area contributed by atoms with Crippen LogP contribution in [0.4, 0.5) is 10.5 Å². The second-order valence-electron chi connectivity index (χ2n) is 5.47. The van der Waals surface area contributed by atoms with Gasteiger partial charge in [0.05, 0.1) is 12.8 Å². The normalized spacial score (nSPS) is 25.9. The van der Waals surface area contributed by atoms with Gasteiger partial charge in [0.1, 0.15) is 11.8 Å². The highest BCUT2D eigenvalue weighted by molar-refractivity contribution is 6.22. The van der Waals surface area contributed by atoms with Gasteiger partial charge in [-0.2, -0.15) is 0 Å². The van der Waals surface area contributed by atoms with E-state index in [0.29, 0.717) is 23.9 Å². The van der Waals surface area contributed by atoms with E-state index in [4.69, 9.17) is 4.74 Å². The number of imide groups is 1. The van der Waals surface area contributed by atoms with E-state index in [1.165, 1.54) is 4.90 Å². The number of rotatable bonds is 2. The molecule has 3 rings (SSSR count). The van der Waals surface area contributed by atoms with E-state index in [-0.39, 0.29) is 18.0 Å². The van der Waals surface area contributed by atoms with Crippen LogP contribution >= 0.6 is 0 Å². The number of hydrogen-bond donors (Lipinski definition) is 0. The van der Waals surface area contributed by atoms with E-state index < -0.39 is 0 Å². The third-order valence-electron chi connectivity index (χ3n) is 4.13. The number of anilines is 1. The molecule has 1 aromatic rings. The van der Waals surface area contributed by atoms with Crippen LogP contribution < -0.4 is 9.64 Å². The van der Waals surface area contributed by atoms with Crippen LogP contribution in [0.5, 0.6) is 5.75 Å². The molecule has 1 aromatic carbocycles. The summed E-state index contributed by atoms with van der Waals surface area (Å²) in [5, 5.41) is 0. The van der Waals surface area contributed by atoms with E-state index in [0.717, 1.165) is 12.8 Å². The van der Waals surface area contributed by atoms with Crippen molar-refractivity contribution in [2.75, 3.05) is 18.6 Å². The number of benzene rings is 1. The number of amides is 3. The van der Waals surface area contributed by atoms with Crippen molar-refractivity contribution < 1.29 is 14.3 Å². The zero-order valence-electron chi connectivity index (χ0n) is 11.7. The smallest absolute Gasteiger partial charge is 0.332 e. The lowest BCUT2D eigenvalue weighted by Crippen LogP contribution is -2.41. The number of ether oxygens (including phenoxy) is 1. The van der Waals surface area contributed by atoms with Crippen LogP contribution in [0.25, 0.3) is 0 Å². The summed E-state index contributed by atoms with van der Waals surface area (Å²) in [5.41, 5.74) is 0.534. The number of carbonyl (C=O) groups is 2. The summed E-state index contributed by atoms with van der Waals surface area (Å²) >= 11 is 0. The first kappa shape index (κ1) is 13.0. The van der Waals surface area contributed by atoms with Gasteiger partial charge >= 0.3 is 6.03 Å². The molecule has 2 aliphatic rings. The standard InChI is InChI=1S/C15H18N2O3/c1-10-7-8-16-12(9-10)14(18)17(15(16)19)11-5-3-4-6-13(11)20-2/h3-6,10,12H,7-9H2,1-2H3. The molecule has 20 heavy (non-hydrogen) atoms. The monoisotopic (exact) mass is 274 g/mol. The summed E-state index contributed by atoms with van der Waals surface area (Å²) in [6, 6.07) is 6.60. The zero-order valence-corrected chi connectivity index (χ0v) is 11.7. The van der Waals surface area contributed by atoms with Crippen molar-refractivity contribution in [2.24, 2.45) is 5.92 Å². The van der Waals surface area contributed by atoms with Gasteiger partial charge in [0, 0.05) is 6.54 Å². The molecule has 5 heteroatoms. The molecular weight excluding hydrogens is 256 g/mol. The van der Waals surface area contributed by atoms with E-state index in [2.05, 4.69) is 6.92 Å². The van der Waals surface area contributed by atoms with Crippen molar-refractivity contribution in [1.82, 2.24) is 4.90 Å². The van der Waals surface area contributed by atoms with Gasteiger partial charge < -0.3 is 9.64 Å². The maximum absolute atomic E-state index is 12.6. The predicted octanol–water partition coefficient (Wildman–Crippen LogP) is 2.26. The maximum atomic E-state index is 12.6. The van der Waals surface area contributed by atoms with Crippen LogP contribution in [-0.4, -0.2) is 36.5 Å². The van der Waals surface area contributed by atoms with Gasteiger partial charge in [-0.15, -0.1) is 0 Å². The SMILES string of the molecule is COc1ccccc1N1C(=O)C2CC(C)CCN2C1=O. The highest BCUT2D eigenvalue weighted by Gasteiger charge is 2.48. The molecule has 0 N–H and O–H groups in total. The topological polar surface area (TPSA) is 49.9 Å². The van der Waals surface area contributed by atoms with Crippen LogP contribution in [0, 0.1) is 5.92 Å². The number of methoxy groups -OCH3 is 1. The minimum Gasteiger partial charge on any atom is -0.495 e. The Morgan fingerprint density at radius 3 is 2.75 bits per heavy atom. The molecule has 106 valence electrons. The fourth-order valence-corrected chi connectivity index (χ4v) is 3.01. The molecule has 5 nitrogen and oxygen atoms in total. The summed E-state index contributed by atoms with van der Waals surface area (Å²) < 4.78 is 5.26. The van der Waals surface area contributed by atoms with Crippen molar-refractivity contribution >= 4 is 17.6 Å². The molecule has 0 radical (unpaired) electrons. The van der Waals surface area contributed by atoms with Gasteiger partial charge in [0.15, 0.2) is 0 Å². The van der Waals surface area contributed by atoms with Crippen LogP contribution in [0.1, 0.15) is 19.8 Å². The van der Waals surface area contributed by atoms with Crippen molar-refractivity contribution in [3.63, 3.8) is 0 Å². The number of nitrogens with zero attached hydrogens (tertiary/aromatic N) is 2. The van der Waals surface area contributed by atoms with Crippen molar-refractivity contribution in [2.45, 2.75) is 25.8 Å². The average molecular weight is 274 g/mol. The van der Waals surface area contributed by atoms with E-state index >= 15 is 0 Å². The Morgan fingerprint density at radius 1 is 1.25 bits per heavy atom. The quantitative estimate of drug-likeness (QED) is 0.777. The van der Waals surface area contributed by atoms with Gasteiger partial charge in [0.2, 0.25) is 0 Å². The van der Waals surface area contributed by atoms with Crippen molar-refractivity contribution in [3.8, 4) is 5.75 Å². The predicted molar refractivity (Wildman–Crippen MR) is 74.8 cm³/mol. The molecule has 0 bridgehead atoms. The summed E-state index contributed by atoms with van der Waals surface area (Å²) in [7, 11) is 1.54. The lowest BCUT2D eigenvalue weighted by molar-refractivity contribution is -0.120. The fraction of sp³-hybridized carbons (Fsp3) is 0.467. The van der Waals surface area contributed by atoms with Gasteiger partial charge in [-0.05, 0) is 30.9 Å². The molecular formula is C15H18N2O3. The molecule has 2 heterocycles. The third-order valence-corrected chi connectivity index (χ3v) is 4.13. The van der Waals surface area contributed by atoms with Gasteiger partial charge in [0.25, 0.3) is 5.91 Å². The van der Waals surface area contributed by atoms with Crippen LogP contribution in [0.15, 0.2) is 24.3 Å². The molecule has 0 spiro atoms. The van der Waals surface area contributed by atoms with E-state index in [1.54, 1.807) is 30.2 Å². The largest absolute Gasteiger partial charge is 0.495 e. The Hall–Kier alpha value is -2.04. The minimum atomic E-state index is -0.309. The molecule has 2 aliphatic heterocycles. The molecule has 0 aliphatic carbocycles. The number of fused-ring (bicyclic) bond motifs is 1. The minimum absolute atomic E-state index is 0.133. The lowest BCUT2D eigenvalue weighted by Gasteiger charge is -2.30. The number of urea groups is 1. The Balaban J connectivity index is 1.98. The van der Waals surface area contributed by atoms with Crippen LogP contribution in [0.3, 0.4) is 0 Å². The number of para-hydroxylation sites is 2.